The van der Waals surface area contributed by atoms with Crippen molar-refractivity contribution < 1.29 is 14.3 Å². The molecule has 1 aromatic heterocycles. The van der Waals surface area contributed by atoms with Gasteiger partial charge >= 0.3 is 0 Å². The lowest BCUT2D eigenvalue weighted by molar-refractivity contribution is 0.0933. The monoisotopic (exact) mass is 373 g/mol. The molecule has 27 heavy (non-hydrogen) atoms. The summed E-state index contributed by atoms with van der Waals surface area (Å²) in [5.74, 6) is 1.16. The third-order valence-electron chi connectivity index (χ3n) is 5.05. The predicted octanol–water partition coefficient (Wildman–Crippen LogP) is 2.02. The fourth-order valence-corrected chi connectivity index (χ4v) is 3.47. The maximum atomic E-state index is 12.8. The number of ether oxygens (including phenoxy) is 2. The van der Waals surface area contributed by atoms with Gasteiger partial charge in [-0.1, -0.05) is 5.21 Å². The van der Waals surface area contributed by atoms with E-state index >= 15 is 0 Å². The second-order valence-electron chi connectivity index (χ2n) is 6.75. The molecule has 2 heterocycles. The quantitative estimate of drug-likeness (QED) is 0.805. The molecule has 1 amide bonds. The van der Waals surface area contributed by atoms with Gasteiger partial charge in [0.05, 0.1) is 32.0 Å². The number of nitrogens with zero attached hydrogens (tertiary/aromatic N) is 3. The minimum absolute atomic E-state index is 0.245. The molecule has 0 bridgehead atoms. The van der Waals surface area contributed by atoms with Crippen LogP contribution in [0.1, 0.15) is 53.6 Å². The minimum atomic E-state index is -0.272. The van der Waals surface area contributed by atoms with Crippen molar-refractivity contribution in [1.29, 1.82) is 0 Å². The van der Waals surface area contributed by atoms with Gasteiger partial charge in [0, 0.05) is 5.56 Å². The highest BCUT2D eigenvalue weighted by atomic mass is 16.5. The number of rotatable bonds is 6. The van der Waals surface area contributed by atoms with Gasteiger partial charge in [0.2, 0.25) is 0 Å². The number of carbonyl (C=O) groups is 1. The molecule has 0 spiro atoms. The van der Waals surface area contributed by atoms with Crippen molar-refractivity contribution in [3.05, 3.63) is 35.2 Å². The van der Waals surface area contributed by atoms with Crippen molar-refractivity contribution in [3.63, 3.8) is 0 Å². The van der Waals surface area contributed by atoms with E-state index in [0.717, 1.165) is 37.2 Å². The van der Waals surface area contributed by atoms with Crippen LogP contribution in [0, 0.1) is 6.92 Å². The Hall–Kier alpha value is -2.61. The van der Waals surface area contributed by atoms with Gasteiger partial charge in [-0.2, -0.15) is 0 Å². The molecule has 146 valence electrons. The SMILES string of the molecule is COc1ccc(OC)c(C(C)NC(=O)c2nnn(C3CCNCC3)c2C)c1. The number of hydrogen-bond donors (Lipinski definition) is 2. The van der Waals surface area contributed by atoms with E-state index in [-0.39, 0.29) is 18.0 Å². The zero-order chi connectivity index (χ0) is 19.4. The topological polar surface area (TPSA) is 90.3 Å². The van der Waals surface area contributed by atoms with Crippen LogP contribution in [0.3, 0.4) is 0 Å². The Bertz CT molecular complexity index is 799. The summed E-state index contributed by atoms with van der Waals surface area (Å²) in [6, 6.07) is 5.53. The number of methoxy groups -OCH3 is 2. The Morgan fingerprint density at radius 2 is 2.04 bits per heavy atom. The fourth-order valence-electron chi connectivity index (χ4n) is 3.47. The van der Waals surface area contributed by atoms with Gasteiger partial charge in [0.25, 0.3) is 5.91 Å². The van der Waals surface area contributed by atoms with Crippen LogP contribution in [0.15, 0.2) is 18.2 Å². The van der Waals surface area contributed by atoms with Crippen molar-refractivity contribution in [2.75, 3.05) is 27.3 Å². The first-order chi connectivity index (χ1) is 13.0. The van der Waals surface area contributed by atoms with Crippen LogP contribution < -0.4 is 20.1 Å². The molecule has 2 aromatic rings. The second kappa shape index (κ2) is 8.39. The molecule has 3 rings (SSSR count). The number of amides is 1. The first-order valence-electron chi connectivity index (χ1n) is 9.20. The third kappa shape index (κ3) is 4.05. The Balaban J connectivity index is 1.76. The lowest BCUT2D eigenvalue weighted by Gasteiger charge is -2.23. The zero-order valence-electron chi connectivity index (χ0n) is 16.3. The van der Waals surface area contributed by atoms with Gasteiger partial charge in [-0.3, -0.25) is 4.79 Å². The molecule has 2 N–H and O–H groups in total. The molecule has 1 unspecified atom stereocenters. The number of piperidine rings is 1. The fraction of sp³-hybridized carbons (Fsp3) is 0.526. The summed E-state index contributed by atoms with van der Waals surface area (Å²) in [4.78, 5) is 12.8. The van der Waals surface area contributed by atoms with Gasteiger partial charge in [-0.25, -0.2) is 4.68 Å². The molecule has 1 aromatic carbocycles. The maximum absolute atomic E-state index is 12.8. The van der Waals surface area contributed by atoms with Crippen LogP contribution in [-0.2, 0) is 0 Å². The lowest BCUT2D eigenvalue weighted by atomic mass is 10.1. The van der Waals surface area contributed by atoms with Crippen molar-refractivity contribution >= 4 is 5.91 Å². The van der Waals surface area contributed by atoms with E-state index in [0.29, 0.717) is 17.2 Å². The lowest BCUT2D eigenvalue weighted by Crippen LogP contribution is -2.31. The average Bonchev–Trinajstić information content (AvgIpc) is 3.09. The van der Waals surface area contributed by atoms with E-state index in [1.807, 2.05) is 36.7 Å². The van der Waals surface area contributed by atoms with Crippen molar-refractivity contribution in [3.8, 4) is 11.5 Å². The molecule has 8 nitrogen and oxygen atoms in total. The standard InChI is InChI=1S/C19H27N5O3/c1-12(16-11-15(26-3)5-6-17(16)27-4)21-19(25)18-13(2)24(23-22-18)14-7-9-20-10-8-14/h5-6,11-12,14,20H,7-10H2,1-4H3,(H,21,25). The van der Waals surface area contributed by atoms with E-state index in [2.05, 4.69) is 20.9 Å². The number of hydrogen-bond acceptors (Lipinski definition) is 6. The largest absolute Gasteiger partial charge is 0.497 e. The molecule has 1 aliphatic rings. The van der Waals surface area contributed by atoms with Crippen molar-refractivity contribution in [2.24, 2.45) is 0 Å². The highest BCUT2D eigenvalue weighted by molar-refractivity contribution is 5.93. The van der Waals surface area contributed by atoms with Gasteiger partial charge in [-0.15, -0.1) is 5.10 Å². The molecule has 1 atom stereocenters. The molecule has 1 aliphatic heterocycles. The van der Waals surface area contributed by atoms with E-state index in [9.17, 15) is 4.79 Å². The van der Waals surface area contributed by atoms with Crippen LogP contribution in [0.5, 0.6) is 11.5 Å². The van der Waals surface area contributed by atoms with E-state index < -0.39 is 0 Å². The summed E-state index contributed by atoms with van der Waals surface area (Å²) < 4.78 is 12.6. The zero-order valence-corrected chi connectivity index (χ0v) is 16.3. The molecule has 1 saturated heterocycles. The minimum Gasteiger partial charge on any atom is -0.497 e. The molecular formula is C19H27N5O3. The van der Waals surface area contributed by atoms with Crippen LogP contribution in [0.4, 0.5) is 0 Å². The van der Waals surface area contributed by atoms with Crippen LogP contribution in [0.25, 0.3) is 0 Å². The number of aromatic nitrogens is 3. The maximum Gasteiger partial charge on any atom is 0.274 e. The average molecular weight is 373 g/mol. The van der Waals surface area contributed by atoms with Crippen molar-refractivity contribution in [1.82, 2.24) is 25.6 Å². The first-order valence-corrected chi connectivity index (χ1v) is 9.20. The molecule has 8 heteroatoms. The highest BCUT2D eigenvalue weighted by Crippen LogP contribution is 2.29. The Morgan fingerprint density at radius 3 is 2.70 bits per heavy atom. The van der Waals surface area contributed by atoms with E-state index in [1.165, 1.54) is 0 Å². The van der Waals surface area contributed by atoms with E-state index in [4.69, 9.17) is 9.47 Å². The summed E-state index contributed by atoms with van der Waals surface area (Å²) in [6.07, 6.45) is 1.98. The number of nitrogens with one attached hydrogen (secondary N) is 2. The van der Waals surface area contributed by atoms with Crippen molar-refractivity contribution in [2.45, 2.75) is 38.8 Å². The summed E-state index contributed by atoms with van der Waals surface area (Å²) in [5, 5.41) is 14.7. The molecular weight excluding hydrogens is 346 g/mol. The molecule has 0 aliphatic carbocycles. The summed E-state index contributed by atoms with van der Waals surface area (Å²) in [7, 11) is 3.21. The Morgan fingerprint density at radius 1 is 1.30 bits per heavy atom. The molecule has 0 saturated carbocycles. The third-order valence-corrected chi connectivity index (χ3v) is 5.05. The van der Waals surface area contributed by atoms with Gasteiger partial charge in [0.1, 0.15) is 11.5 Å². The van der Waals surface area contributed by atoms with Gasteiger partial charge < -0.3 is 20.1 Å². The van der Waals surface area contributed by atoms with Crippen LogP contribution >= 0.6 is 0 Å². The summed E-state index contributed by atoms with van der Waals surface area (Å²) in [5.41, 5.74) is 2.00. The summed E-state index contributed by atoms with van der Waals surface area (Å²) in [6.45, 7) is 5.71. The number of carbonyl (C=O) groups excluding carboxylic acids is 1. The number of benzene rings is 1. The van der Waals surface area contributed by atoms with Crippen LogP contribution in [0.2, 0.25) is 0 Å². The molecule has 1 fully saturated rings. The second-order valence-corrected chi connectivity index (χ2v) is 6.75. The Labute approximate surface area is 159 Å². The van der Waals surface area contributed by atoms with Crippen LogP contribution in [-0.4, -0.2) is 48.2 Å². The Kier molecular flexibility index (Phi) is 5.95. The summed E-state index contributed by atoms with van der Waals surface area (Å²) >= 11 is 0. The predicted molar refractivity (Wildman–Crippen MR) is 101 cm³/mol. The van der Waals surface area contributed by atoms with E-state index in [1.54, 1.807) is 14.2 Å². The van der Waals surface area contributed by atoms with Gasteiger partial charge in [-0.05, 0) is 58.0 Å². The molecule has 0 radical (unpaired) electrons. The smallest absolute Gasteiger partial charge is 0.274 e. The first kappa shape index (κ1) is 19.2. The normalized spacial score (nSPS) is 16.0. The van der Waals surface area contributed by atoms with Gasteiger partial charge in [0.15, 0.2) is 5.69 Å². The highest BCUT2D eigenvalue weighted by Gasteiger charge is 2.24.